The van der Waals surface area contributed by atoms with Crippen LogP contribution in [0.15, 0.2) is 48.5 Å². The molecule has 7 nitrogen and oxygen atoms in total. The number of nitro groups is 1. The summed E-state index contributed by atoms with van der Waals surface area (Å²) < 4.78 is 0. The van der Waals surface area contributed by atoms with Crippen LogP contribution in [0.4, 0.5) is 17.1 Å². The third-order valence-electron chi connectivity index (χ3n) is 4.71. The van der Waals surface area contributed by atoms with Crippen molar-refractivity contribution in [1.29, 1.82) is 0 Å². The van der Waals surface area contributed by atoms with E-state index in [1.807, 2.05) is 12.1 Å². The van der Waals surface area contributed by atoms with Crippen molar-refractivity contribution in [2.24, 2.45) is 0 Å². The van der Waals surface area contributed by atoms with E-state index in [0.29, 0.717) is 6.54 Å². The van der Waals surface area contributed by atoms with E-state index < -0.39 is 4.92 Å². The van der Waals surface area contributed by atoms with E-state index in [0.717, 1.165) is 26.2 Å². The topological polar surface area (TPSA) is 79.9 Å². The largest absolute Gasteiger partial charge is 0.360 e. The van der Waals surface area contributed by atoms with Gasteiger partial charge in [-0.2, -0.15) is 0 Å². The second-order valence-corrected chi connectivity index (χ2v) is 6.52. The first-order valence-corrected chi connectivity index (χ1v) is 8.72. The van der Waals surface area contributed by atoms with Gasteiger partial charge in [0.05, 0.1) is 31.1 Å². The summed E-state index contributed by atoms with van der Waals surface area (Å²) in [6.45, 7) is 5.91. The summed E-state index contributed by atoms with van der Waals surface area (Å²) >= 11 is 0. The van der Waals surface area contributed by atoms with E-state index >= 15 is 0 Å². The zero-order valence-corrected chi connectivity index (χ0v) is 14.8. The molecule has 0 unspecified atom stereocenters. The molecule has 1 aliphatic heterocycles. The number of nitrogens with zero attached hydrogens (tertiary/aromatic N) is 2. The van der Waals surface area contributed by atoms with Crippen molar-refractivity contribution < 1.29 is 14.6 Å². The van der Waals surface area contributed by atoms with Crippen LogP contribution >= 0.6 is 0 Å². The van der Waals surface area contributed by atoms with Crippen LogP contribution < -0.4 is 15.1 Å². The fourth-order valence-corrected chi connectivity index (χ4v) is 3.32. The van der Waals surface area contributed by atoms with Gasteiger partial charge in [-0.1, -0.05) is 30.3 Å². The highest BCUT2D eigenvalue weighted by Gasteiger charge is 2.24. The lowest BCUT2D eigenvalue weighted by Crippen LogP contribution is -3.15. The quantitative estimate of drug-likeness (QED) is 0.625. The zero-order chi connectivity index (χ0) is 18.5. The number of hydrogen-bond donors (Lipinski definition) is 2. The van der Waals surface area contributed by atoms with Gasteiger partial charge in [0.1, 0.15) is 5.69 Å². The maximum absolute atomic E-state index is 12.3. The number of benzene rings is 2. The highest BCUT2D eigenvalue weighted by atomic mass is 16.6. The Kier molecular flexibility index (Phi) is 5.48. The molecule has 0 bridgehead atoms. The summed E-state index contributed by atoms with van der Waals surface area (Å²) in [6, 6.07) is 14.5. The average molecular weight is 355 g/mol. The van der Waals surface area contributed by atoms with Gasteiger partial charge in [0.2, 0.25) is 0 Å². The van der Waals surface area contributed by atoms with Crippen LogP contribution in [-0.4, -0.2) is 43.6 Å². The predicted octanol–water partition coefficient (Wildman–Crippen LogP) is 1.25. The number of carbonyl (C=O) groups excluding carboxylic acids is 1. The summed E-state index contributed by atoms with van der Waals surface area (Å²) in [4.78, 5) is 26.4. The van der Waals surface area contributed by atoms with Crippen LogP contribution in [0.2, 0.25) is 0 Å². The number of rotatable bonds is 5. The average Bonchev–Trinajstić information content (AvgIpc) is 2.63. The van der Waals surface area contributed by atoms with Crippen molar-refractivity contribution in [2.75, 3.05) is 42.9 Å². The molecule has 1 heterocycles. The fraction of sp³-hybridized carbons (Fsp3) is 0.316. The van der Waals surface area contributed by atoms with Gasteiger partial charge in [-0.3, -0.25) is 14.9 Å². The standard InChI is InChI=1S/C19H22N4O3/c1-15-6-2-4-8-17(15)22-12-10-21(11-13-22)14-19(24)20-16-7-3-5-9-18(16)23(25)26/h2-9H,10-14H2,1H3,(H,20,24)/p+1. The smallest absolute Gasteiger partial charge is 0.292 e. The molecule has 2 aromatic rings. The molecule has 0 atom stereocenters. The van der Waals surface area contributed by atoms with Gasteiger partial charge in [-0.15, -0.1) is 0 Å². The number of carbonyl (C=O) groups is 1. The second kappa shape index (κ2) is 7.97. The van der Waals surface area contributed by atoms with Gasteiger partial charge < -0.3 is 15.1 Å². The molecule has 3 rings (SSSR count). The van der Waals surface area contributed by atoms with E-state index in [-0.39, 0.29) is 17.3 Å². The Balaban J connectivity index is 1.54. The number of hydrogen-bond acceptors (Lipinski definition) is 4. The Morgan fingerprint density at radius 2 is 1.81 bits per heavy atom. The Bertz CT molecular complexity index is 801. The molecule has 0 aliphatic carbocycles. The molecular formula is C19H23N4O3+. The van der Waals surface area contributed by atoms with Crippen LogP contribution in [0, 0.1) is 17.0 Å². The molecule has 26 heavy (non-hydrogen) atoms. The first-order valence-electron chi connectivity index (χ1n) is 8.72. The number of quaternary nitrogens is 1. The molecule has 2 N–H and O–H groups in total. The van der Waals surface area contributed by atoms with Gasteiger partial charge in [-0.25, -0.2) is 0 Å². The minimum Gasteiger partial charge on any atom is -0.360 e. The fourth-order valence-electron chi connectivity index (χ4n) is 3.32. The van der Waals surface area contributed by atoms with Crippen LogP contribution in [0.3, 0.4) is 0 Å². The van der Waals surface area contributed by atoms with Crippen molar-refractivity contribution in [3.05, 3.63) is 64.2 Å². The minimum absolute atomic E-state index is 0.0831. The van der Waals surface area contributed by atoms with Crippen molar-refractivity contribution in [1.82, 2.24) is 0 Å². The summed E-state index contributed by atoms with van der Waals surface area (Å²) in [6.07, 6.45) is 0. The molecule has 1 saturated heterocycles. The molecule has 2 aromatic carbocycles. The number of amides is 1. The maximum Gasteiger partial charge on any atom is 0.292 e. The highest BCUT2D eigenvalue weighted by molar-refractivity contribution is 5.93. The number of aryl methyl sites for hydroxylation is 1. The summed E-state index contributed by atoms with van der Waals surface area (Å²) in [7, 11) is 0. The Morgan fingerprint density at radius 1 is 1.15 bits per heavy atom. The van der Waals surface area contributed by atoms with E-state index in [1.54, 1.807) is 18.2 Å². The third-order valence-corrected chi connectivity index (χ3v) is 4.71. The molecule has 1 aliphatic rings. The molecule has 0 saturated carbocycles. The van der Waals surface area contributed by atoms with E-state index in [1.165, 1.54) is 22.2 Å². The molecule has 0 radical (unpaired) electrons. The van der Waals surface area contributed by atoms with Crippen molar-refractivity contribution >= 4 is 23.0 Å². The van der Waals surface area contributed by atoms with E-state index in [9.17, 15) is 14.9 Å². The molecule has 0 aromatic heterocycles. The lowest BCUT2D eigenvalue weighted by atomic mass is 10.1. The number of piperazine rings is 1. The number of nitrogens with one attached hydrogen (secondary N) is 2. The molecule has 136 valence electrons. The minimum atomic E-state index is -0.483. The van der Waals surface area contributed by atoms with Crippen LogP contribution in [0.5, 0.6) is 0 Å². The van der Waals surface area contributed by atoms with Gasteiger partial charge in [-0.05, 0) is 24.6 Å². The first-order chi connectivity index (χ1) is 12.5. The maximum atomic E-state index is 12.3. The highest BCUT2D eigenvalue weighted by Crippen LogP contribution is 2.23. The monoisotopic (exact) mass is 355 g/mol. The van der Waals surface area contributed by atoms with E-state index in [4.69, 9.17) is 0 Å². The van der Waals surface area contributed by atoms with Crippen molar-refractivity contribution in [3.63, 3.8) is 0 Å². The van der Waals surface area contributed by atoms with Crippen molar-refractivity contribution in [3.8, 4) is 0 Å². The Morgan fingerprint density at radius 3 is 2.50 bits per heavy atom. The third kappa shape index (κ3) is 4.18. The summed E-state index contributed by atoms with van der Waals surface area (Å²) in [5.41, 5.74) is 2.67. The Hall–Kier alpha value is -2.93. The normalized spacial score (nSPS) is 14.9. The molecule has 1 amide bonds. The van der Waals surface area contributed by atoms with Crippen LogP contribution in [0.1, 0.15) is 5.56 Å². The number of para-hydroxylation sites is 3. The Labute approximate surface area is 152 Å². The lowest BCUT2D eigenvalue weighted by molar-refractivity contribution is -0.892. The molecule has 1 fully saturated rings. The molecular weight excluding hydrogens is 332 g/mol. The van der Waals surface area contributed by atoms with Crippen LogP contribution in [0.25, 0.3) is 0 Å². The zero-order valence-electron chi connectivity index (χ0n) is 14.8. The lowest BCUT2D eigenvalue weighted by Gasteiger charge is -2.34. The summed E-state index contributed by atoms with van der Waals surface area (Å²) in [5, 5.41) is 13.7. The van der Waals surface area contributed by atoms with Gasteiger partial charge in [0.25, 0.3) is 11.6 Å². The van der Waals surface area contributed by atoms with Gasteiger partial charge in [0.15, 0.2) is 6.54 Å². The van der Waals surface area contributed by atoms with Crippen molar-refractivity contribution in [2.45, 2.75) is 6.92 Å². The van der Waals surface area contributed by atoms with Crippen LogP contribution in [-0.2, 0) is 4.79 Å². The van der Waals surface area contributed by atoms with Gasteiger partial charge >= 0.3 is 0 Å². The predicted molar refractivity (Wildman–Crippen MR) is 101 cm³/mol. The molecule has 0 spiro atoms. The van der Waals surface area contributed by atoms with E-state index in [2.05, 4.69) is 29.3 Å². The van der Waals surface area contributed by atoms with Gasteiger partial charge in [0, 0.05) is 11.8 Å². The first kappa shape index (κ1) is 17.9. The summed E-state index contributed by atoms with van der Waals surface area (Å²) in [5.74, 6) is -0.196. The number of anilines is 2. The number of nitro benzene ring substituents is 1. The molecule has 7 heteroatoms. The second-order valence-electron chi connectivity index (χ2n) is 6.52. The SMILES string of the molecule is Cc1ccccc1N1CC[NH+](CC(=O)Nc2ccccc2[N+](=O)[O-])CC1.